The second kappa shape index (κ2) is 4.78. The van der Waals surface area contributed by atoms with E-state index in [4.69, 9.17) is 0 Å². The zero-order valence-electron chi connectivity index (χ0n) is 10.8. The predicted octanol–water partition coefficient (Wildman–Crippen LogP) is 3.46. The first kappa shape index (κ1) is 13.2. The maximum absolute atomic E-state index is 12.0. The first-order valence-electron chi connectivity index (χ1n) is 5.56. The summed E-state index contributed by atoms with van der Waals surface area (Å²) < 4.78 is 0. The van der Waals surface area contributed by atoms with Crippen LogP contribution in [-0.2, 0) is 5.41 Å². The third kappa shape index (κ3) is 2.94. The third-order valence-corrected chi connectivity index (χ3v) is 4.46. The van der Waals surface area contributed by atoms with Gasteiger partial charge in [0, 0.05) is 16.5 Å². The van der Waals surface area contributed by atoms with Crippen LogP contribution < -0.4 is 5.32 Å². The third-order valence-electron chi connectivity index (χ3n) is 2.21. The first-order chi connectivity index (χ1) is 8.36. The Morgan fingerprint density at radius 2 is 1.94 bits per heavy atom. The molecule has 0 spiro atoms. The number of hydrogen-bond acceptors (Lipinski definition) is 5. The average molecular weight is 281 g/mol. The summed E-state index contributed by atoms with van der Waals surface area (Å²) in [4.78, 5) is 22.1. The van der Waals surface area contributed by atoms with Crippen LogP contribution in [0.3, 0.4) is 0 Å². The minimum absolute atomic E-state index is 0.0268. The molecule has 2 rings (SSSR count). The van der Waals surface area contributed by atoms with E-state index >= 15 is 0 Å². The number of carbonyl (C=O) groups excluding carboxylic acids is 1. The van der Waals surface area contributed by atoms with Crippen molar-refractivity contribution in [1.82, 2.24) is 9.97 Å². The monoisotopic (exact) mass is 281 g/mol. The molecule has 6 heteroatoms. The summed E-state index contributed by atoms with van der Waals surface area (Å²) >= 11 is 2.89. The molecule has 18 heavy (non-hydrogen) atoms. The summed E-state index contributed by atoms with van der Waals surface area (Å²) in [6, 6.07) is 0. The van der Waals surface area contributed by atoms with Gasteiger partial charge in [0.2, 0.25) is 0 Å². The van der Waals surface area contributed by atoms with Crippen molar-refractivity contribution < 1.29 is 4.79 Å². The molecule has 0 unspecified atom stereocenters. The van der Waals surface area contributed by atoms with Crippen LogP contribution in [0.5, 0.6) is 0 Å². The number of aryl methyl sites for hydroxylation is 1. The standard InChI is InChI=1S/C12H15N3OS2/c1-7-5-14-11(17-7)15-9(16)8-6-13-10(18-8)12(2,3)4/h5-6H,1-4H3,(H,14,15,16). The van der Waals surface area contributed by atoms with Gasteiger partial charge in [0.25, 0.3) is 5.91 Å². The Balaban J connectivity index is 2.12. The lowest BCUT2D eigenvalue weighted by Gasteiger charge is -2.13. The van der Waals surface area contributed by atoms with Crippen LogP contribution in [-0.4, -0.2) is 15.9 Å². The van der Waals surface area contributed by atoms with Gasteiger partial charge in [-0.15, -0.1) is 22.7 Å². The molecule has 0 aliphatic heterocycles. The molecule has 0 radical (unpaired) electrons. The molecule has 0 aliphatic carbocycles. The summed E-state index contributed by atoms with van der Waals surface area (Å²) in [7, 11) is 0. The van der Waals surface area contributed by atoms with Crippen molar-refractivity contribution >= 4 is 33.7 Å². The molecule has 1 amide bonds. The van der Waals surface area contributed by atoms with Crippen molar-refractivity contribution in [2.24, 2.45) is 0 Å². The summed E-state index contributed by atoms with van der Waals surface area (Å²) in [5, 5.41) is 4.37. The van der Waals surface area contributed by atoms with Gasteiger partial charge >= 0.3 is 0 Å². The topological polar surface area (TPSA) is 54.9 Å². The Labute approximate surface area is 114 Å². The molecule has 0 aliphatic rings. The predicted molar refractivity (Wildman–Crippen MR) is 75.6 cm³/mol. The van der Waals surface area contributed by atoms with E-state index in [1.54, 1.807) is 12.4 Å². The Hall–Kier alpha value is -1.27. The Morgan fingerprint density at radius 3 is 2.44 bits per heavy atom. The van der Waals surface area contributed by atoms with Crippen LogP contribution in [0.2, 0.25) is 0 Å². The van der Waals surface area contributed by atoms with Crippen molar-refractivity contribution in [1.29, 1.82) is 0 Å². The Bertz CT molecular complexity index is 566. The van der Waals surface area contributed by atoms with E-state index in [0.717, 1.165) is 9.88 Å². The molecule has 0 saturated heterocycles. The van der Waals surface area contributed by atoms with Gasteiger partial charge in [0.05, 0.1) is 11.2 Å². The quantitative estimate of drug-likeness (QED) is 0.917. The molecular formula is C12H15N3OS2. The van der Waals surface area contributed by atoms with Gasteiger partial charge in [-0.1, -0.05) is 20.8 Å². The van der Waals surface area contributed by atoms with E-state index in [9.17, 15) is 4.79 Å². The molecule has 2 aromatic heterocycles. The number of rotatable bonds is 2. The molecule has 0 aromatic carbocycles. The highest BCUT2D eigenvalue weighted by Crippen LogP contribution is 2.27. The number of amides is 1. The molecule has 0 fully saturated rings. The smallest absolute Gasteiger partial charge is 0.269 e. The van der Waals surface area contributed by atoms with Crippen LogP contribution in [0.4, 0.5) is 5.13 Å². The molecule has 4 nitrogen and oxygen atoms in total. The summed E-state index contributed by atoms with van der Waals surface area (Å²) in [6.07, 6.45) is 3.37. The Morgan fingerprint density at radius 1 is 1.22 bits per heavy atom. The summed E-state index contributed by atoms with van der Waals surface area (Å²) in [5.41, 5.74) is -0.0268. The molecule has 0 bridgehead atoms. The zero-order chi connectivity index (χ0) is 13.3. The number of nitrogens with one attached hydrogen (secondary N) is 1. The highest BCUT2D eigenvalue weighted by molar-refractivity contribution is 7.16. The number of hydrogen-bond donors (Lipinski definition) is 1. The highest BCUT2D eigenvalue weighted by Gasteiger charge is 2.20. The lowest BCUT2D eigenvalue weighted by Crippen LogP contribution is -2.10. The van der Waals surface area contributed by atoms with E-state index in [0.29, 0.717) is 10.0 Å². The van der Waals surface area contributed by atoms with Gasteiger partial charge < -0.3 is 0 Å². The molecule has 2 aromatic rings. The van der Waals surface area contributed by atoms with Gasteiger partial charge in [-0.2, -0.15) is 0 Å². The van der Waals surface area contributed by atoms with E-state index in [1.807, 2.05) is 6.92 Å². The second-order valence-electron chi connectivity index (χ2n) is 5.01. The number of nitrogens with zero attached hydrogens (tertiary/aromatic N) is 2. The number of thiazole rings is 2. The lowest BCUT2D eigenvalue weighted by molar-refractivity contribution is 0.103. The largest absolute Gasteiger partial charge is 0.297 e. The molecule has 1 N–H and O–H groups in total. The molecule has 0 saturated carbocycles. The minimum Gasteiger partial charge on any atom is -0.297 e. The number of anilines is 1. The molecule has 2 heterocycles. The van der Waals surface area contributed by atoms with Crippen molar-refractivity contribution in [3.05, 3.63) is 27.2 Å². The highest BCUT2D eigenvalue weighted by atomic mass is 32.1. The van der Waals surface area contributed by atoms with E-state index < -0.39 is 0 Å². The Kier molecular flexibility index (Phi) is 3.49. The maximum Gasteiger partial charge on any atom is 0.269 e. The molecular weight excluding hydrogens is 266 g/mol. The van der Waals surface area contributed by atoms with Gasteiger partial charge in [0.15, 0.2) is 5.13 Å². The number of aromatic nitrogens is 2. The van der Waals surface area contributed by atoms with E-state index in [1.165, 1.54) is 22.7 Å². The van der Waals surface area contributed by atoms with Gasteiger partial charge in [-0.3, -0.25) is 10.1 Å². The van der Waals surface area contributed by atoms with Crippen LogP contribution in [0, 0.1) is 6.92 Å². The molecule has 0 atom stereocenters. The number of carbonyl (C=O) groups is 1. The van der Waals surface area contributed by atoms with E-state index in [2.05, 4.69) is 36.1 Å². The fraction of sp³-hybridized carbons (Fsp3) is 0.417. The van der Waals surface area contributed by atoms with Gasteiger partial charge in [0.1, 0.15) is 4.88 Å². The van der Waals surface area contributed by atoms with Crippen molar-refractivity contribution in [2.75, 3.05) is 5.32 Å². The molecule has 96 valence electrons. The van der Waals surface area contributed by atoms with Crippen LogP contribution in [0.15, 0.2) is 12.4 Å². The van der Waals surface area contributed by atoms with Crippen molar-refractivity contribution in [3.8, 4) is 0 Å². The fourth-order valence-electron chi connectivity index (χ4n) is 1.30. The average Bonchev–Trinajstić information content (AvgIpc) is 2.85. The van der Waals surface area contributed by atoms with Crippen LogP contribution >= 0.6 is 22.7 Å². The minimum atomic E-state index is -0.141. The first-order valence-corrected chi connectivity index (χ1v) is 7.19. The zero-order valence-corrected chi connectivity index (χ0v) is 12.4. The second-order valence-corrected chi connectivity index (χ2v) is 7.28. The normalized spacial score (nSPS) is 11.6. The van der Waals surface area contributed by atoms with Crippen LogP contribution in [0.1, 0.15) is 40.3 Å². The summed E-state index contributed by atoms with van der Waals surface area (Å²) in [5.74, 6) is -0.141. The maximum atomic E-state index is 12.0. The summed E-state index contributed by atoms with van der Waals surface area (Å²) in [6.45, 7) is 8.20. The SMILES string of the molecule is Cc1cnc(NC(=O)c2cnc(C(C)(C)C)s2)s1. The van der Waals surface area contributed by atoms with Gasteiger partial charge in [-0.05, 0) is 6.92 Å². The van der Waals surface area contributed by atoms with Crippen LogP contribution in [0.25, 0.3) is 0 Å². The lowest BCUT2D eigenvalue weighted by atomic mass is 9.98. The van der Waals surface area contributed by atoms with Crippen molar-refractivity contribution in [3.63, 3.8) is 0 Å². The fourth-order valence-corrected chi connectivity index (χ4v) is 2.83. The van der Waals surface area contributed by atoms with Crippen molar-refractivity contribution in [2.45, 2.75) is 33.1 Å². The van der Waals surface area contributed by atoms with E-state index in [-0.39, 0.29) is 11.3 Å². The van der Waals surface area contributed by atoms with Gasteiger partial charge in [-0.25, -0.2) is 9.97 Å².